The van der Waals surface area contributed by atoms with Crippen LogP contribution in [-0.2, 0) is 11.3 Å². The maximum Gasteiger partial charge on any atom is 0.242 e. The lowest BCUT2D eigenvalue weighted by molar-refractivity contribution is -0.126. The Hall–Kier alpha value is -2.87. The van der Waals surface area contributed by atoms with Gasteiger partial charge in [-0.25, -0.2) is 4.39 Å². The molecule has 8 heteroatoms. The van der Waals surface area contributed by atoms with Crippen LogP contribution in [0.2, 0.25) is 0 Å². The molecule has 2 aromatic rings. The first-order chi connectivity index (χ1) is 13.5. The molecule has 0 spiro atoms. The van der Waals surface area contributed by atoms with Crippen molar-refractivity contribution in [1.82, 2.24) is 4.90 Å². The standard InChI is InChI=1S/C20H20FN3O3S/c1-13-19(25)24(12-14-4-7-16(21)8-5-14)20(28-13)23-22-11-15-6-9-17(26-2)10-18(15)27-3/h4-11,13H,12H2,1-3H3/b22-11-,23-20+/t13-/m0/s1. The van der Waals surface area contributed by atoms with Gasteiger partial charge in [0.1, 0.15) is 17.3 Å². The largest absolute Gasteiger partial charge is 0.497 e. The van der Waals surface area contributed by atoms with Crippen molar-refractivity contribution in [2.75, 3.05) is 14.2 Å². The fourth-order valence-corrected chi connectivity index (χ4v) is 3.57. The van der Waals surface area contributed by atoms with E-state index < -0.39 is 0 Å². The van der Waals surface area contributed by atoms with Crippen molar-refractivity contribution >= 4 is 29.1 Å². The molecule has 0 aromatic heterocycles. The van der Waals surface area contributed by atoms with Gasteiger partial charge in [-0.3, -0.25) is 9.69 Å². The monoisotopic (exact) mass is 401 g/mol. The van der Waals surface area contributed by atoms with Crippen LogP contribution in [0.5, 0.6) is 11.5 Å². The number of rotatable bonds is 6. The number of benzene rings is 2. The average molecular weight is 401 g/mol. The number of nitrogens with zero attached hydrogens (tertiary/aromatic N) is 3. The summed E-state index contributed by atoms with van der Waals surface area (Å²) in [5.41, 5.74) is 1.55. The van der Waals surface area contributed by atoms with Crippen LogP contribution in [0.4, 0.5) is 4.39 Å². The molecule has 6 nitrogen and oxygen atoms in total. The molecule has 0 N–H and O–H groups in total. The molecule has 0 unspecified atom stereocenters. The highest BCUT2D eigenvalue weighted by atomic mass is 32.2. The smallest absolute Gasteiger partial charge is 0.242 e. The summed E-state index contributed by atoms with van der Waals surface area (Å²) in [6.07, 6.45) is 1.56. The van der Waals surface area contributed by atoms with Crippen molar-refractivity contribution in [2.24, 2.45) is 10.2 Å². The Morgan fingerprint density at radius 3 is 2.61 bits per heavy atom. The first-order valence-corrected chi connectivity index (χ1v) is 9.45. The van der Waals surface area contributed by atoms with Crippen LogP contribution in [0, 0.1) is 5.82 Å². The van der Waals surface area contributed by atoms with Gasteiger partial charge in [-0.2, -0.15) is 5.10 Å². The van der Waals surface area contributed by atoms with E-state index in [0.29, 0.717) is 23.2 Å². The number of halogens is 1. The predicted molar refractivity (Wildman–Crippen MR) is 109 cm³/mol. The number of hydrogen-bond acceptors (Lipinski definition) is 6. The molecular formula is C20H20FN3O3S. The van der Waals surface area contributed by atoms with Gasteiger partial charge >= 0.3 is 0 Å². The van der Waals surface area contributed by atoms with E-state index in [1.165, 1.54) is 23.9 Å². The number of carbonyl (C=O) groups excluding carboxylic acids is 1. The number of thioether (sulfide) groups is 1. The number of ether oxygens (including phenoxy) is 2. The average Bonchev–Trinajstić information content (AvgIpc) is 2.97. The van der Waals surface area contributed by atoms with Crippen molar-refractivity contribution in [1.29, 1.82) is 0 Å². The highest BCUT2D eigenvalue weighted by Gasteiger charge is 2.35. The number of amides is 1. The van der Waals surface area contributed by atoms with Gasteiger partial charge in [0.2, 0.25) is 5.91 Å². The molecule has 1 heterocycles. The Morgan fingerprint density at radius 2 is 1.93 bits per heavy atom. The van der Waals surface area contributed by atoms with Crippen LogP contribution < -0.4 is 9.47 Å². The molecule has 0 bridgehead atoms. The molecule has 0 aliphatic carbocycles. The molecule has 0 saturated carbocycles. The van der Waals surface area contributed by atoms with Crippen LogP contribution in [0.3, 0.4) is 0 Å². The summed E-state index contributed by atoms with van der Waals surface area (Å²) >= 11 is 1.34. The van der Waals surface area contributed by atoms with Gasteiger partial charge in [0.05, 0.1) is 32.2 Å². The highest BCUT2D eigenvalue weighted by Crippen LogP contribution is 2.29. The zero-order chi connectivity index (χ0) is 20.1. The number of carbonyl (C=O) groups is 1. The van der Waals surface area contributed by atoms with Crippen molar-refractivity contribution in [3.8, 4) is 11.5 Å². The van der Waals surface area contributed by atoms with Crippen molar-refractivity contribution in [3.63, 3.8) is 0 Å². The van der Waals surface area contributed by atoms with E-state index in [4.69, 9.17) is 9.47 Å². The molecule has 1 aliphatic heterocycles. The quantitative estimate of drug-likeness (QED) is 0.547. The topological polar surface area (TPSA) is 63.5 Å². The minimum absolute atomic E-state index is 0.0506. The summed E-state index contributed by atoms with van der Waals surface area (Å²) in [6, 6.07) is 11.4. The Kier molecular flexibility index (Phi) is 6.30. The summed E-state index contributed by atoms with van der Waals surface area (Å²) in [4.78, 5) is 14.0. The summed E-state index contributed by atoms with van der Waals surface area (Å²) in [6.45, 7) is 2.14. The molecule has 28 heavy (non-hydrogen) atoms. The van der Waals surface area contributed by atoms with Crippen LogP contribution in [0.15, 0.2) is 52.7 Å². The highest BCUT2D eigenvalue weighted by molar-refractivity contribution is 8.15. The molecule has 0 radical (unpaired) electrons. The Balaban J connectivity index is 1.80. The Bertz CT molecular complexity index is 915. The second-order valence-electron chi connectivity index (χ2n) is 6.05. The van der Waals surface area contributed by atoms with E-state index in [9.17, 15) is 9.18 Å². The zero-order valence-electron chi connectivity index (χ0n) is 15.8. The van der Waals surface area contributed by atoms with E-state index in [2.05, 4.69) is 10.2 Å². The summed E-state index contributed by atoms with van der Waals surface area (Å²) in [5.74, 6) is 0.919. The zero-order valence-corrected chi connectivity index (χ0v) is 16.6. The molecule has 1 amide bonds. The number of hydrogen-bond donors (Lipinski definition) is 0. The van der Waals surface area contributed by atoms with Crippen molar-refractivity contribution in [3.05, 3.63) is 59.4 Å². The lowest BCUT2D eigenvalue weighted by Gasteiger charge is -2.15. The predicted octanol–water partition coefficient (Wildman–Crippen LogP) is 3.70. The minimum Gasteiger partial charge on any atom is -0.497 e. The van der Waals surface area contributed by atoms with Gasteiger partial charge in [0.25, 0.3) is 0 Å². The summed E-state index contributed by atoms with van der Waals surface area (Å²) < 4.78 is 23.6. The molecule has 3 rings (SSSR count). The third kappa shape index (κ3) is 4.51. The molecule has 1 aliphatic rings. The molecule has 1 fully saturated rings. The molecular weight excluding hydrogens is 381 g/mol. The third-order valence-corrected chi connectivity index (χ3v) is 5.23. The van der Waals surface area contributed by atoms with Crippen LogP contribution in [0.1, 0.15) is 18.1 Å². The van der Waals surface area contributed by atoms with Gasteiger partial charge < -0.3 is 9.47 Å². The maximum atomic E-state index is 13.1. The van der Waals surface area contributed by atoms with E-state index >= 15 is 0 Å². The van der Waals surface area contributed by atoms with Crippen LogP contribution >= 0.6 is 11.8 Å². The van der Waals surface area contributed by atoms with Gasteiger partial charge in [-0.1, -0.05) is 23.9 Å². The normalized spacial score (nSPS) is 18.3. The third-order valence-electron chi connectivity index (χ3n) is 4.16. The van der Waals surface area contributed by atoms with Gasteiger partial charge in [0.15, 0.2) is 5.17 Å². The Labute approximate surface area is 167 Å². The van der Waals surface area contributed by atoms with E-state index in [1.54, 1.807) is 49.6 Å². The fourth-order valence-electron chi connectivity index (χ4n) is 2.65. The van der Waals surface area contributed by atoms with Crippen molar-refractivity contribution in [2.45, 2.75) is 18.7 Å². The molecule has 1 saturated heterocycles. The van der Waals surface area contributed by atoms with E-state index in [1.807, 2.05) is 13.0 Å². The molecule has 2 aromatic carbocycles. The minimum atomic E-state index is -0.314. The molecule has 1 atom stereocenters. The lowest BCUT2D eigenvalue weighted by Crippen LogP contribution is -2.30. The van der Waals surface area contributed by atoms with Crippen LogP contribution in [-0.4, -0.2) is 41.7 Å². The summed E-state index contributed by atoms with van der Waals surface area (Å²) in [5, 5.41) is 8.62. The maximum absolute atomic E-state index is 13.1. The van der Waals surface area contributed by atoms with Gasteiger partial charge in [-0.05, 0) is 36.8 Å². The first-order valence-electron chi connectivity index (χ1n) is 8.57. The van der Waals surface area contributed by atoms with Gasteiger partial charge in [0, 0.05) is 11.6 Å². The Morgan fingerprint density at radius 1 is 1.18 bits per heavy atom. The second kappa shape index (κ2) is 8.88. The fraction of sp³-hybridized carbons (Fsp3) is 0.250. The first kappa shape index (κ1) is 19.9. The van der Waals surface area contributed by atoms with E-state index in [0.717, 1.165) is 11.1 Å². The second-order valence-corrected chi connectivity index (χ2v) is 7.35. The van der Waals surface area contributed by atoms with E-state index in [-0.39, 0.29) is 17.0 Å². The SMILES string of the molecule is COc1ccc(/C=N\N=C2\S[C@@H](C)C(=O)N2Cc2ccc(F)cc2)c(OC)c1. The number of amidine groups is 1. The van der Waals surface area contributed by atoms with Gasteiger partial charge in [-0.15, -0.1) is 5.10 Å². The van der Waals surface area contributed by atoms with Crippen molar-refractivity contribution < 1.29 is 18.7 Å². The number of methoxy groups -OCH3 is 2. The van der Waals surface area contributed by atoms with Crippen LogP contribution in [0.25, 0.3) is 0 Å². The molecule has 146 valence electrons. The summed E-state index contributed by atoms with van der Waals surface area (Å²) in [7, 11) is 3.15. The lowest BCUT2D eigenvalue weighted by atomic mass is 10.2.